The van der Waals surface area contributed by atoms with E-state index in [4.69, 9.17) is 0 Å². The topological polar surface area (TPSA) is 54.4 Å². The minimum Gasteiger partial charge on any atom is -0.384 e. The lowest BCUT2D eigenvalue weighted by atomic mass is 9.81. The molecule has 1 N–H and O–H groups in total. The molecule has 0 aliphatic heterocycles. The SMILES string of the molecule is CC(C)(C=O)C(O)C(=O)c1c2ccccc2cc2ccccc12. The van der Waals surface area contributed by atoms with Gasteiger partial charge in [0.2, 0.25) is 0 Å². The van der Waals surface area contributed by atoms with Gasteiger partial charge in [0, 0.05) is 5.56 Å². The van der Waals surface area contributed by atoms with Crippen LogP contribution in [0.4, 0.5) is 0 Å². The molecular weight excluding hydrogens is 288 g/mol. The minimum atomic E-state index is -1.38. The Kier molecular flexibility index (Phi) is 3.74. The number of aliphatic hydroxyl groups excluding tert-OH is 1. The molecule has 0 saturated heterocycles. The first kappa shape index (κ1) is 15.4. The molecule has 1 unspecified atom stereocenters. The van der Waals surface area contributed by atoms with Crippen molar-refractivity contribution in [1.29, 1.82) is 0 Å². The van der Waals surface area contributed by atoms with Crippen molar-refractivity contribution < 1.29 is 14.7 Å². The quantitative estimate of drug-likeness (QED) is 0.453. The Hall–Kier alpha value is -2.52. The lowest BCUT2D eigenvalue weighted by molar-refractivity contribution is -0.118. The summed E-state index contributed by atoms with van der Waals surface area (Å²) >= 11 is 0. The van der Waals surface area contributed by atoms with E-state index in [2.05, 4.69) is 0 Å². The van der Waals surface area contributed by atoms with E-state index in [-0.39, 0.29) is 0 Å². The Morgan fingerprint density at radius 1 is 1.00 bits per heavy atom. The molecule has 0 aromatic heterocycles. The van der Waals surface area contributed by atoms with Gasteiger partial charge in [0.05, 0.1) is 5.41 Å². The second-order valence-corrected chi connectivity index (χ2v) is 6.40. The second kappa shape index (κ2) is 5.60. The van der Waals surface area contributed by atoms with Crippen molar-refractivity contribution in [3.8, 4) is 0 Å². The van der Waals surface area contributed by atoms with E-state index in [1.807, 2.05) is 54.6 Å². The number of benzene rings is 3. The van der Waals surface area contributed by atoms with Crippen LogP contribution in [0.3, 0.4) is 0 Å². The summed E-state index contributed by atoms with van der Waals surface area (Å²) in [6.45, 7) is 3.13. The number of aliphatic hydroxyl groups is 1. The summed E-state index contributed by atoms with van der Waals surface area (Å²) in [5.41, 5.74) is -0.657. The highest BCUT2D eigenvalue weighted by Crippen LogP contribution is 2.31. The molecule has 3 nitrogen and oxygen atoms in total. The van der Waals surface area contributed by atoms with Gasteiger partial charge in [-0.05, 0) is 27.6 Å². The van der Waals surface area contributed by atoms with E-state index in [0.29, 0.717) is 11.8 Å². The summed E-state index contributed by atoms with van der Waals surface area (Å²) in [7, 11) is 0. The van der Waals surface area contributed by atoms with Gasteiger partial charge < -0.3 is 9.90 Å². The van der Waals surface area contributed by atoms with Crippen LogP contribution in [0.25, 0.3) is 21.5 Å². The lowest BCUT2D eigenvalue weighted by Crippen LogP contribution is -2.37. The van der Waals surface area contributed by atoms with Crippen molar-refractivity contribution >= 4 is 33.6 Å². The van der Waals surface area contributed by atoms with E-state index in [1.165, 1.54) is 0 Å². The van der Waals surface area contributed by atoms with Crippen LogP contribution in [0, 0.1) is 5.41 Å². The zero-order chi connectivity index (χ0) is 16.6. The molecule has 116 valence electrons. The zero-order valence-electron chi connectivity index (χ0n) is 13.1. The second-order valence-electron chi connectivity index (χ2n) is 6.40. The minimum absolute atomic E-state index is 0.421. The first-order chi connectivity index (χ1) is 11.0. The van der Waals surface area contributed by atoms with Crippen LogP contribution in [0.15, 0.2) is 54.6 Å². The molecule has 0 bridgehead atoms. The third-order valence-electron chi connectivity index (χ3n) is 4.27. The molecule has 3 heteroatoms. The van der Waals surface area contributed by atoms with Gasteiger partial charge >= 0.3 is 0 Å². The van der Waals surface area contributed by atoms with E-state index in [0.717, 1.165) is 21.5 Å². The van der Waals surface area contributed by atoms with Gasteiger partial charge in [-0.25, -0.2) is 0 Å². The molecule has 0 saturated carbocycles. The highest BCUT2D eigenvalue weighted by molar-refractivity contribution is 6.20. The molecule has 0 heterocycles. The van der Waals surface area contributed by atoms with E-state index >= 15 is 0 Å². The molecule has 3 aromatic rings. The number of carbonyl (C=O) groups is 2. The molecule has 0 aliphatic carbocycles. The number of Topliss-reactive ketones (excluding diaryl/α,β-unsaturated/α-hetero) is 1. The summed E-state index contributed by atoms with van der Waals surface area (Å²) in [5.74, 6) is -0.421. The first-order valence-electron chi connectivity index (χ1n) is 7.55. The van der Waals surface area contributed by atoms with Gasteiger partial charge in [-0.3, -0.25) is 4.79 Å². The summed E-state index contributed by atoms with van der Waals surface area (Å²) in [4.78, 5) is 24.2. The van der Waals surface area contributed by atoms with E-state index < -0.39 is 17.3 Å². The fourth-order valence-corrected chi connectivity index (χ4v) is 2.82. The predicted octanol–water partition coefficient (Wildman–Crippen LogP) is 3.76. The average molecular weight is 306 g/mol. The number of hydrogen-bond donors (Lipinski definition) is 1. The van der Waals surface area contributed by atoms with Crippen molar-refractivity contribution in [2.75, 3.05) is 0 Å². The van der Waals surface area contributed by atoms with Crippen molar-refractivity contribution in [3.05, 3.63) is 60.2 Å². The molecule has 0 radical (unpaired) electrons. The van der Waals surface area contributed by atoms with Crippen molar-refractivity contribution in [3.63, 3.8) is 0 Å². The van der Waals surface area contributed by atoms with Gasteiger partial charge in [0.1, 0.15) is 12.4 Å². The molecule has 3 aromatic carbocycles. The Bertz CT molecular complexity index is 855. The van der Waals surface area contributed by atoms with Crippen LogP contribution >= 0.6 is 0 Å². The van der Waals surface area contributed by atoms with Gasteiger partial charge in [0.15, 0.2) is 5.78 Å². The molecule has 23 heavy (non-hydrogen) atoms. The fourth-order valence-electron chi connectivity index (χ4n) is 2.82. The molecule has 0 aliphatic rings. The van der Waals surface area contributed by atoms with Gasteiger partial charge in [0.25, 0.3) is 0 Å². The maximum Gasteiger partial charge on any atom is 0.193 e. The molecule has 0 spiro atoms. The number of rotatable bonds is 4. The first-order valence-corrected chi connectivity index (χ1v) is 7.55. The van der Waals surface area contributed by atoms with Crippen LogP contribution in [0.2, 0.25) is 0 Å². The molecular formula is C20H18O3. The van der Waals surface area contributed by atoms with Crippen LogP contribution in [0.1, 0.15) is 24.2 Å². The normalized spacial score (nSPS) is 13.2. The lowest BCUT2D eigenvalue weighted by Gasteiger charge is -2.24. The highest BCUT2D eigenvalue weighted by Gasteiger charge is 2.35. The maximum absolute atomic E-state index is 13.0. The van der Waals surface area contributed by atoms with E-state index in [9.17, 15) is 14.7 Å². The Morgan fingerprint density at radius 2 is 1.48 bits per heavy atom. The standard InChI is InChI=1S/C20H18O3/c1-20(2,12-21)19(23)18(22)17-15-9-5-3-7-13(15)11-14-8-4-6-10-16(14)17/h3-12,19,23H,1-2H3. The molecule has 3 rings (SSSR count). The zero-order valence-corrected chi connectivity index (χ0v) is 13.1. The summed E-state index contributed by atoms with van der Waals surface area (Å²) < 4.78 is 0. The van der Waals surface area contributed by atoms with Crippen LogP contribution in [0.5, 0.6) is 0 Å². The number of hydrogen-bond acceptors (Lipinski definition) is 3. The number of carbonyl (C=O) groups excluding carboxylic acids is 2. The smallest absolute Gasteiger partial charge is 0.193 e. The van der Waals surface area contributed by atoms with Crippen molar-refractivity contribution in [1.82, 2.24) is 0 Å². The van der Waals surface area contributed by atoms with Crippen molar-refractivity contribution in [2.24, 2.45) is 5.41 Å². The highest BCUT2D eigenvalue weighted by atomic mass is 16.3. The Labute approximate surface area is 134 Å². The molecule has 1 atom stereocenters. The summed E-state index contributed by atoms with van der Waals surface area (Å²) in [6.07, 6.45) is -0.752. The monoisotopic (exact) mass is 306 g/mol. The Morgan fingerprint density at radius 3 is 1.96 bits per heavy atom. The Balaban J connectivity index is 2.33. The van der Waals surface area contributed by atoms with Gasteiger partial charge in [-0.15, -0.1) is 0 Å². The fraction of sp³-hybridized carbons (Fsp3) is 0.200. The van der Waals surface area contributed by atoms with Gasteiger partial charge in [-0.1, -0.05) is 62.4 Å². The average Bonchev–Trinajstić information content (AvgIpc) is 2.58. The largest absolute Gasteiger partial charge is 0.384 e. The molecule has 0 amide bonds. The van der Waals surface area contributed by atoms with Crippen molar-refractivity contribution in [2.45, 2.75) is 20.0 Å². The third-order valence-corrected chi connectivity index (χ3v) is 4.27. The predicted molar refractivity (Wildman–Crippen MR) is 91.6 cm³/mol. The van der Waals surface area contributed by atoms with Crippen LogP contribution < -0.4 is 0 Å². The van der Waals surface area contributed by atoms with E-state index in [1.54, 1.807) is 13.8 Å². The number of fused-ring (bicyclic) bond motifs is 2. The molecule has 0 fully saturated rings. The summed E-state index contributed by atoms with van der Waals surface area (Å²) in [5, 5.41) is 13.9. The van der Waals surface area contributed by atoms with Gasteiger partial charge in [-0.2, -0.15) is 0 Å². The van der Waals surface area contributed by atoms with Crippen LogP contribution in [-0.2, 0) is 4.79 Å². The number of aldehydes is 1. The maximum atomic E-state index is 13.0. The summed E-state index contributed by atoms with van der Waals surface area (Å²) in [6, 6.07) is 17.2. The van der Waals surface area contributed by atoms with Crippen LogP contribution in [-0.4, -0.2) is 23.3 Å². The number of ketones is 1. The third kappa shape index (κ3) is 2.53.